The smallest absolute Gasteiger partial charge is 0.166 e. The third kappa shape index (κ3) is 3.74. The molecule has 0 aromatic heterocycles. The fraction of sp³-hybridized carbons (Fsp3) is 0.200. The van der Waals surface area contributed by atoms with Crippen LogP contribution in [0.25, 0.3) is 10.4 Å². The first-order valence-corrected chi connectivity index (χ1v) is 11.2. The molecule has 2 aromatic carbocycles. The molecule has 27 heavy (non-hydrogen) atoms. The van der Waals surface area contributed by atoms with Crippen LogP contribution in [-0.2, 0) is 12.4 Å². The van der Waals surface area contributed by atoms with E-state index in [9.17, 15) is 26.3 Å². The molecule has 0 radical (unpaired) electrons. The van der Waals surface area contributed by atoms with Crippen LogP contribution in [0.15, 0.2) is 60.7 Å². The first kappa shape index (κ1) is 19.5. The molecule has 0 fully saturated rings. The Balaban J connectivity index is 1.87. The lowest BCUT2D eigenvalue weighted by atomic mass is 10.1. The maximum Gasteiger partial charge on any atom is 0.416 e. The Hall–Kier alpha value is -2.28. The molecule has 0 N–H and O–H groups in total. The van der Waals surface area contributed by atoms with Crippen molar-refractivity contribution in [2.24, 2.45) is 0 Å². The maximum absolute atomic E-state index is 12.8. The number of hydrogen-bond acceptors (Lipinski definition) is 0. The monoisotopic (exact) mass is 398 g/mol. The Morgan fingerprint density at radius 1 is 0.556 bits per heavy atom. The normalized spacial score (nSPS) is 16.9. The molecule has 3 rings (SSSR count). The maximum atomic E-state index is 12.8. The van der Waals surface area contributed by atoms with Crippen LogP contribution in [-0.4, -0.2) is 8.07 Å². The van der Waals surface area contributed by atoms with Crippen LogP contribution in [0.3, 0.4) is 0 Å². The summed E-state index contributed by atoms with van der Waals surface area (Å²) in [5.41, 5.74) is -0.00357. The molecule has 142 valence electrons. The van der Waals surface area contributed by atoms with Crippen molar-refractivity contribution in [3.63, 3.8) is 0 Å². The number of benzene rings is 2. The lowest BCUT2D eigenvalue weighted by Crippen LogP contribution is -2.28. The van der Waals surface area contributed by atoms with Crippen molar-refractivity contribution < 1.29 is 26.3 Å². The summed E-state index contributed by atoms with van der Waals surface area (Å²) in [7, 11) is -2.25. The van der Waals surface area contributed by atoms with E-state index in [4.69, 9.17) is 0 Å². The molecule has 0 nitrogen and oxygen atoms in total. The van der Waals surface area contributed by atoms with Crippen LogP contribution in [0.2, 0.25) is 13.1 Å². The zero-order valence-electron chi connectivity index (χ0n) is 14.5. The van der Waals surface area contributed by atoms with E-state index >= 15 is 0 Å². The summed E-state index contributed by atoms with van der Waals surface area (Å²) in [6.07, 6.45) is -5.05. The van der Waals surface area contributed by atoms with Crippen LogP contribution >= 0.6 is 0 Å². The Kier molecular flexibility index (Phi) is 4.62. The molecular formula is C20H16F6Si. The van der Waals surface area contributed by atoms with Crippen molar-refractivity contribution in [2.45, 2.75) is 25.4 Å². The summed E-state index contributed by atoms with van der Waals surface area (Å²) in [4.78, 5) is 0. The van der Waals surface area contributed by atoms with Crippen molar-refractivity contribution in [3.8, 4) is 0 Å². The van der Waals surface area contributed by atoms with Crippen LogP contribution in [0.1, 0.15) is 22.3 Å². The van der Waals surface area contributed by atoms with Gasteiger partial charge in [-0.3, -0.25) is 0 Å². The molecule has 0 saturated heterocycles. The Morgan fingerprint density at radius 3 is 1.11 bits per heavy atom. The molecule has 0 bridgehead atoms. The van der Waals surface area contributed by atoms with Gasteiger partial charge in [0.25, 0.3) is 0 Å². The van der Waals surface area contributed by atoms with Crippen molar-refractivity contribution in [1.82, 2.24) is 0 Å². The van der Waals surface area contributed by atoms with Gasteiger partial charge in [-0.1, -0.05) is 49.5 Å². The van der Waals surface area contributed by atoms with Gasteiger partial charge >= 0.3 is 12.4 Å². The third-order valence-electron chi connectivity index (χ3n) is 4.81. The van der Waals surface area contributed by atoms with E-state index in [1.807, 2.05) is 25.2 Å². The van der Waals surface area contributed by atoms with E-state index in [1.54, 1.807) is 0 Å². The van der Waals surface area contributed by atoms with E-state index in [2.05, 4.69) is 0 Å². The SMILES string of the molecule is C[Si]1(C)C(c2ccc(C(F)(F)F)cc2)=CC=C1c1ccc(C(F)(F)F)cc1. The average Bonchev–Trinajstić information content (AvgIpc) is 2.88. The van der Waals surface area contributed by atoms with E-state index in [0.29, 0.717) is 11.1 Å². The molecule has 1 aliphatic heterocycles. The number of allylic oxidation sites excluding steroid dienone is 2. The van der Waals surface area contributed by atoms with E-state index < -0.39 is 31.6 Å². The van der Waals surface area contributed by atoms with Gasteiger partial charge in [-0.05, 0) is 45.8 Å². The topological polar surface area (TPSA) is 0 Å². The third-order valence-corrected chi connectivity index (χ3v) is 8.41. The molecule has 7 heteroatoms. The molecule has 0 amide bonds. The summed E-state index contributed by atoms with van der Waals surface area (Å²) < 4.78 is 76.5. The predicted octanol–water partition coefficient (Wildman–Crippen LogP) is 6.99. The number of hydrogen-bond donors (Lipinski definition) is 0. The summed E-state index contributed by atoms with van der Waals surface area (Å²) >= 11 is 0. The van der Waals surface area contributed by atoms with Gasteiger partial charge in [0.2, 0.25) is 0 Å². The van der Waals surface area contributed by atoms with Crippen molar-refractivity contribution >= 4 is 18.5 Å². The zero-order chi connectivity index (χ0) is 20.0. The quantitative estimate of drug-likeness (QED) is 0.378. The lowest BCUT2D eigenvalue weighted by Gasteiger charge is -2.26. The fourth-order valence-corrected chi connectivity index (χ4v) is 6.39. The Morgan fingerprint density at radius 2 is 0.852 bits per heavy atom. The standard InChI is InChI=1S/C20H16F6Si/c1-27(2)17(13-3-7-15(8-4-13)19(21,22)23)11-12-18(27)14-5-9-16(10-6-14)20(24,25)26/h3-12H,1-2H3. The zero-order valence-corrected chi connectivity index (χ0v) is 15.5. The van der Waals surface area contributed by atoms with E-state index in [-0.39, 0.29) is 0 Å². The van der Waals surface area contributed by atoms with Crippen LogP contribution in [0.5, 0.6) is 0 Å². The first-order valence-electron chi connectivity index (χ1n) is 8.19. The molecule has 1 heterocycles. The Labute approximate surface area is 153 Å². The summed E-state index contributed by atoms with van der Waals surface area (Å²) in [6.45, 7) is 4.07. The fourth-order valence-electron chi connectivity index (χ4n) is 3.32. The van der Waals surface area contributed by atoms with Crippen LogP contribution in [0, 0.1) is 0 Å². The number of alkyl halides is 6. The van der Waals surface area contributed by atoms with Crippen molar-refractivity contribution in [3.05, 3.63) is 82.9 Å². The summed E-state index contributed by atoms with van der Waals surface area (Å²) in [5.74, 6) is 0. The van der Waals surface area contributed by atoms with Crippen LogP contribution in [0.4, 0.5) is 26.3 Å². The second-order valence-corrected chi connectivity index (χ2v) is 11.3. The number of rotatable bonds is 2. The largest absolute Gasteiger partial charge is 0.416 e. The molecule has 0 spiro atoms. The van der Waals surface area contributed by atoms with Gasteiger partial charge in [0.05, 0.1) is 11.1 Å². The van der Waals surface area contributed by atoms with Gasteiger partial charge in [-0.25, -0.2) is 0 Å². The molecule has 0 atom stereocenters. The summed E-state index contributed by atoms with van der Waals surface area (Å²) in [6, 6.07) is 10.0. The minimum absolute atomic E-state index is 0.706. The predicted molar refractivity (Wildman–Crippen MR) is 96.3 cm³/mol. The van der Waals surface area contributed by atoms with Crippen molar-refractivity contribution in [2.75, 3.05) is 0 Å². The first-order chi connectivity index (χ1) is 12.4. The highest BCUT2D eigenvalue weighted by atomic mass is 28.3. The number of halogens is 6. The minimum atomic E-state index is -4.39. The summed E-state index contributed by atoms with van der Waals surface area (Å²) in [5, 5.41) is 1.90. The van der Waals surface area contributed by atoms with E-state index in [1.165, 1.54) is 24.3 Å². The average molecular weight is 398 g/mol. The highest BCUT2D eigenvalue weighted by Gasteiger charge is 2.37. The molecule has 2 aromatic rings. The van der Waals surface area contributed by atoms with Gasteiger partial charge in [-0.2, -0.15) is 26.3 Å². The van der Waals surface area contributed by atoms with E-state index in [0.717, 1.165) is 34.7 Å². The second kappa shape index (κ2) is 6.40. The highest BCUT2D eigenvalue weighted by molar-refractivity contribution is 7.09. The van der Waals surface area contributed by atoms with Crippen LogP contribution < -0.4 is 0 Å². The van der Waals surface area contributed by atoms with Gasteiger partial charge < -0.3 is 0 Å². The van der Waals surface area contributed by atoms with Gasteiger partial charge in [-0.15, -0.1) is 0 Å². The van der Waals surface area contributed by atoms with Gasteiger partial charge in [0.15, 0.2) is 0 Å². The molecular weight excluding hydrogens is 382 g/mol. The Bertz CT molecular complexity index is 822. The lowest BCUT2D eigenvalue weighted by molar-refractivity contribution is -0.138. The van der Waals surface area contributed by atoms with Gasteiger partial charge in [0, 0.05) is 0 Å². The van der Waals surface area contributed by atoms with Gasteiger partial charge in [0.1, 0.15) is 8.07 Å². The molecule has 1 aliphatic rings. The second-order valence-electron chi connectivity index (χ2n) is 6.94. The minimum Gasteiger partial charge on any atom is -0.166 e. The molecule has 0 unspecified atom stereocenters. The van der Waals surface area contributed by atoms with Crippen molar-refractivity contribution in [1.29, 1.82) is 0 Å². The highest BCUT2D eigenvalue weighted by Crippen LogP contribution is 2.42. The molecule has 0 aliphatic carbocycles. The molecule has 0 saturated carbocycles.